The van der Waals surface area contributed by atoms with Gasteiger partial charge in [-0.05, 0) is 18.9 Å². The van der Waals surface area contributed by atoms with Gasteiger partial charge in [-0.2, -0.15) is 0 Å². The second-order valence-corrected chi connectivity index (χ2v) is 4.88. The van der Waals surface area contributed by atoms with Gasteiger partial charge in [0, 0.05) is 19.4 Å². The Kier molecular flexibility index (Phi) is 4.39. The zero-order valence-electron chi connectivity index (χ0n) is 10.5. The van der Waals surface area contributed by atoms with Gasteiger partial charge in [-0.1, -0.05) is 12.2 Å². The summed E-state index contributed by atoms with van der Waals surface area (Å²) < 4.78 is 5.27. The van der Waals surface area contributed by atoms with Crippen molar-refractivity contribution in [2.45, 2.75) is 19.4 Å². The number of ether oxygens (including phenoxy) is 1. The van der Waals surface area contributed by atoms with Crippen LogP contribution in [0.15, 0.2) is 18.6 Å². The van der Waals surface area contributed by atoms with Gasteiger partial charge in [0.15, 0.2) is 0 Å². The molecule has 0 aromatic carbocycles. The molecule has 0 unspecified atom stereocenters. The van der Waals surface area contributed by atoms with Gasteiger partial charge in [-0.15, -0.1) is 0 Å². The van der Waals surface area contributed by atoms with Gasteiger partial charge < -0.3 is 15.8 Å². The average molecular weight is 280 g/mol. The number of hydrogen-bond acceptors (Lipinski definition) is 5. The molecule has 6 nitrogen and oxygen atoms in total. The van der Waals surface area contributed by atoms with Crippen LogP contribution < -0.4 is 11.1 Å². The third kappa shape index (κ3) is 3.05. The maximum absolute atomic E-state index is 12.4. The number of carbonyl (C=O) groups excluding carboxylic acids is 1. The Bertz CT molecular complexity index is 460. The minimum atomic E-state index is -0.791. The van der Waals surface area contributed by atoms with E-state index < -0.39 is 5.41 Å². The molecule has 0 aliphatic carbocycles. The zero-order valence-corrected chi connectivity index (χ0v) is 11.3. The third-order valence-corrected chi connectivity index (χ3v) is 3.72. The summed E-state index contributed by atoms with van der Waals surface area (Å²) in [5.41, 5.74) is 5.71. The van der Waals surface area contributed by atoms with Crippen molar-refractivity contribution < 1.29 is 9.53 Å². The molecular weight excluding hydrogens is 264 g/mol. The lowest BCUT2D eigenvalue weighted by molar-refractivity contribution is -0.131. The van der Waals surface area contributed by atoms with E-state index in [0.29, 0.717) is 32.6 Å². The number of nitrogens with two attached hydrogens (primary N) is 1. The number of rotatable bonds is 4. The molecule has 0 radical (unpaired) electrons. The molecule has 1 aliphatic rings. The molecule has 0 saturated carbocycles. The first-order valence-electron chi connectivity index (χ1n) is 6.06. The van der Waals surface area contributed by atoms with Crippen LogP contribution in [0.2, 0.25) is 0 Å². The minimum absolute atomic E-state index is 0.151. The van der Waals surface area contributed by atoms with Crippen LogP contribution in [0, 0.1) is 5.41 Å². The highest BCUT2D eigenvalue weighted by Gasteiger charge is 2.42. The molecule has 1 amide bonds. The van der Waals surface area contributed by atoms with Crippen LogP contribution in [0.25, 0.3) is 0 Å². The first kappa shape index (κ1) is 13.8. The van der Waals surface area contributed by atoms with Gasteiger partial charge in [0.05, 0.1) is 17.2 Å². The summed E-state index contributed by atoms with van der Waals surface area (Å²) in [4.78, 5) is 20.5. The van der Waals surface area contributed by atoms with E-state index in [1.54, 1.807) is 12.3 Å². The van der Waals surface area contributed by atoms with Crippen LogP contribution in [0.1, 0.15) is 18.5 Å². The Labute approximate surface area is 116 Å². The first-order valence-corrected chi connectivity index (χ1v) is 6.47. The largest absolute Gasteiger partial charge is 0.392 e. The molecule has 1 aromatic rings. The van der Waals surface area contributed by atoms with Gasteiger partial charge in [0.25, 0.3) is 0 Å². The Morgan fingerprint density at radius 1 is 1.53 bits per heavy atom. The summed E-state index contributed by atoms with van der Waals surface area (Å²) in [7, 11) is 0. The molecule has 2 rings (SSSR count). The van der Waals surface area contributed by atoms with Crippen molar-refractivity contribution in [2.75, 3.05) is 13.2 Å². The van der Waals surface area contributed by atoms with Gasteiger partial charge in [0.2, 0.25) is 5.91 Å². The molecule has 0 bridgehead atoms. The number of aromatic nitrogens is 2. The summed E-state index contributed by atoms with van der Waals surface area (Å²) in [5.74, 6) is -0.151. The zero-order chi connectivity index (χ0) is 13.7. The summed E-state index contributed by atoms with van der Waals surface area (Å²) in [6.45, 7) is 1.34. The van der Waals surface area contributed by atoms with Crippen LogP contribution in [0.5, 0.6) is 0 Å². The predicted octanol–water partition coefficient (Wildman–Crippen LogP) is 0.176. The van der Waals surface area contributed by atoms with Crippen molar-refractivity contribution in [1.29, 1.82) is 0 Å². The Balaban J connectivity index is 2.02. The number of nitrogens with zero attached hydrogens (tertiary/aromatic N) is 2. The smallest absolute Gasteiger partial charge is 0.233 e. The van der Waals surface area contributed by atoms with E-state index in [0.717, 1.165) is 5.69 Å². The molecule has 1 saturated heterocycles. The molecule has 0 spiro atoms. The van der Waals surface area contributed by atoms with Crippen molar-refractivity contribution in [2.24, 2.45) is 11.1 Å². The predicted molar refractivity (Wildman–Crippen MR) is 73.2 cm³/mol. The number of nitrogens with one attached hydrogen (secondary N) is 1. The van der Waals surface area contributed by atoms with Crippen molar-refractivity contribution in [3.8, 4) is 0 Å². The van der Waals surface area contributed by atoms with E-state index in [9.17, 15) is 4.79 Å². The minimum Gasteiger partial charge on any atom is -0.392 e. The van der Waals surface area contributed by atoms with Crippen molar-refractivity contribution in [1.82, 2.24) is 15.3 Å². The van der Waals surface area contributed by atoms with Crippen molar-refractivity contribution >= 4 is 23.1 Å². The van der Waals surface area contributed by atoms with E-state index in [4.69, 9.17) is 22.7 Å². The third-order valence-electron chi connectivity index (χ3n) is 3.33. The summed E-state index contributed by atoms with van der Waals surface area (Å²) in [6.07, 6.45) is 4.13. The van der Waals surface area contributed by atoms with Crippen LogP contribution in [-0.4, -0.2) is 34.1 Å². The van der Waals surface area contributed by atoms with Crippen LogP contribution in [-0.2, 0) is 16.1 Å². The maximum Gasteiger partial charge on any atom is 0.233 e. The molecule has 7 heteroatoms. The Morgan fingerprint density at radius 2 is 2.26 bits per heavy atom. The standard InChI is InChI=1S/C12H16N4O2S/c13-10(19)12(2-5-18-6-3-12)11(17)15-7-9-1-4-14-8-16-9/h1,4,8H,2-3,5-7H2,(H2,13,19)(H,15,17). The van der Waals surface area contributed by atoms with E-state index in [-0.39, 0.29) is 10.9 Å². The summed E-state index contributed by atoms with van der Waals surface area (Å²) in [6, 6.07) is 1.75. The summed E-state index contributed by atoms with van der Waals surface area (Å²) in [5, 5.41) is 2.84. The average Bonchev–Trinajstić information content (AvgIpc) is 2.46. The molecule has 1 aromatic heterocycles. The Morgan fingerprint density at radius 3 is 2.84 bits per heavy atom. The second-order valence-electron chi connectivity index (χ2n) is 4.44. The van der Waals surface area contributed by atoms with Gasteiger partial charge in [-0.25, -0.2) is 9.97 Å². The molecule has 19 heavy (non-hydrogen) atoms. The molecule has 3 N–H and O–H groups in total. The highest BCUT2D eigenvalue weighted by atomic mass is 32.1. The highest BCUT2D eigenvalue weighted by Crippen LogP contribution is 2.31. The topological polar surface area (TPSA) is 90.1 Å². The molecule has 1 aliphatic heterocycles. The first-order chi connectivity index (χ1) is 9.15. The summed E-state index contributed by atoms with van der Waals surface area (Å²) >= 11 is 5.07. The molecule has 2 heterocycles. The van der Waals surface area contributed by atoms with Crippen LogP contribution in [0.4, 0.5) is 0 Å². The van der Waals surface area contributed by atoms with Crippen LogP contribution in [0.3, 0.4) is 0 Å². The fourth-order valence-electron chi connectivity index (χ4n) is 2.07. The molecular formula is C12H16N4O2S. The van der Waals surface area contributed by atoms with Crippen molar-refractivity contribution in [3.63, 3.8) is 0 Å². The Hall–Kier alpha value is -1.60. The van der Waals surface area contributed by atoms with E-state index in [1.807, 2.05) is 0 Å². The van der Waals surface area contributed by atoms with E-state index >= 15 is 0 Å². The number of thiocarbonyl (C=S) groups is 1. The number of amides is 1. The number of carbonyl (C=O) groups is 1. The van der Waals surface area contributed by atoms with Gasteiger partial charge in [0.1, 0.15) is 11.7 Å². The van der Waals surface area contributed by atoms with E-state index in [2.05, 4.69) is 15.3 Å². The fourth-order valence-corrected chi connectivity index (χ4v) is 2.36. The monoisotopic (exact) mass is 280 g/mol. The highest BCUT2D eigenvalue weighted by molar-refractivity contribution is 7.80. The van der Waals surface area contributed by atoms with Gasteiger partial charge in [-0.3, -0.25) is 4.79 Å². The lowest BCUT2D eigenvalue weighted by Crippen LogP contribution is -2.51. The molecule has 1 fully saturated rings. The van der Waals surface area contributed by atoms with Gasteiger partial charge >= 0.3 is 0 Å². The lowest BCUT2D eigenvalue weighted by Gasteiger charge is -2.34. The van der Waals surface area contributed by atoms with E-state index in [1.165, 1.54) is 6.33 Å². The molecule has 0 atom stereocenters. The second kappa shape index (κ2) is 6.03. The fraction of sp³-hybridized carbons (Fsp3) is 0.500. The van der Waals surface area contributed by atoms with Crippen molar-refractivity contribution in [3.05, 3.63) is 24.3 Å². The quantitative estimate of drug-likeness (QED) is 0.764. The van der Waals surface area contributed by atoms with Crippen LogP contribution >= 0.6 is 12.2 Å². The molecule has 102 valence electrons. The number of hydrogen-bond donors (Lipinski definition) is 2. The maximum atomic E-state index is 12.4. The SMILES string of the molecule is NC(=S)C1(C(=O)NCc2ccncn2)CCOCC1. The normalized spacial score (nSPS) is 17.7. The lowest BCUT2D eigenvalue weighted by atomic mass is 9.79.